The van der Waals surface area contributed by atoms with Crippen molar-refractivity contribution in [3.63, 3.8) is 0 Å². The lowest BCUT2D eigenvalue weighted by molar-refractivity contribution is -0.139. The van der Waals surface area contributed by atoms with Crippen LogP contribution in [0.5, 0.6) is 11.5 Å². The van der Waals surface area contributed by atoms with E-state index >= 15 is 0 Å². The Morgan fingerprint density at radius 2 is 2.17 bits per heavy atom. The molecule has 0 heterocycles. The molecule has 0 aromatic heterocycles. The first-order valence-corrected chi connectivity index (χ1v) is 5.70. The zero-order valence-corrected chi connectivity index (χ0v) is 10.1. The van der Waals surface area contributed by atoms with Crippen LogP contribution in [0.1, 0.15) is 28.8 Å². The first kappa shape index (κ1) is 12.4. The summed E-state index contributed by atoms with van der Waals surface area (Å²) in [6, 6.07) is 3.31. The molecule has 0 radical (unpaired) electrons. The molecule has 0 spiro atoms. The predicted octanol–water partition coefficient (Wildman–Crippen LogP) is 1.68. The summed E-state index contributed by atoms with van der Waals surface area (Å²) in [6.07, 6.45) is 2.00. The van der Waals surface area contributed by atoms with E-state index < -0.39 is 12.6 Å². The fourth-order valence-corrected chi connectivity index (χ4v) is 2.07. The summed E-state index contributed by atoms with van der Waals surface area (Å²) < 4.78 is 10.3. The van der Waals surface area contributed by atoms with Crippen molar-refractivity contribution in [3.05, 3.63) is 23.3 Å². The molecule has 0 fully saturated rings. The second-order valence-corrected chi connectivity index (χ2v) is 4.11. The standard InChI is InChI=1S/C13H14O5/c1-17-8-5-10-9(3-2-4-11(10)14)12(6-8)18-7-13(15)16/h5-6H,2-4,7H2,1H3,(H,15,16). The van der Waals surface area contributed by atoms with Crippen molar-refractivity contribution >= 4 is 11.8 Å². The van der Waals surface area contributed by atoms with E-state index in [4.69, 9.17) is 14.6 Å². The Hall–Kier alpha value is -2.04. The van der Waals surface area contributed by atoms with Crippen molar-refractivity contribution in [2.24, 2.45) is 0 Å². The Kier molecular flexibility index (Phi) is 3.50. The average molecular weight is 250 g/mol. The molecular weight excluding hydrogens is 236 g/mol. The van der Waals surface area contributed by atoms with E-state index in [-0.39, 0.29) is 5.78 Å². The number of carboxylic acids is 1. The number of ether oxygens (including phenoxy) is 2. The van der Waals surface area contributed by atoms with Gasteiger partial charge in [0.1, 0.15) is 11.5 Å². The lowest BCUT2D eigenvalue weighted by Gasteiger charge is -2.19. The second-order valence-electron chi connectivity index (χ2n) is 4.11. The number of Topliss-reactive ketones (excluding diaryl/α,β-unsaturated/α-hetero) is 1. The van der Waals surface area contributed by atoms with Crippen molar-refractivity contribution in [1.82, 2.24) is 0 Å². The molecule has 1 N–H and O–H groups in total. The number of hydrogen-bond donors (Lipinski definition) is 1. The Balaban J connectivity index is 2.40. The van der Waals surface area contributed by atoms with Crippen molar-refractivity contribution in [1.29, 1.82) is 0 Å². The van der Waals surface area contributed by atoms with Crippen LogP contribution in [0, 0.1) is 0 Å². The van der Waals surface area contributed by atoms with Crippen LogP contribution in [0.2, 0.25) is 0 Å². The highest BCUT2D eigenvalue weighted by Gasteiger charge is 2.22. The monoisotopic (exact) mass is 250 g/mol. The quantitative estimate of drug-likeness (QED) is 0.880. The predicted molar refractivity (Wildman–Crippen MR) is 63.4 cm³/mol. The third kappa shape index (κ3) is 2.45. The summed E-state index contributed by atoms with van der Waals surface area (Å²) in [4.78, 5) is 22.4. The maximum absolute atomic E-state index is 11.8. The van der Waals surface area contributed by atoms with E-state index in [1.165, 1.54) is 7.11 Å². The van der Waals surface area contributed by atoms with E-state index in [2.05, 4.69) is 0 Å². The van der Waals surface area contributed by atoms with E-state index in [0.29, 0.717) is 23.5 Å². The summed E-state index contributed by atoms with van der Waals surface area (Å²) in [5.74, 6) is -0.0618. The number of carboxylic acid groups (broad SMARTS) is 1. The van der Waals surface area contributed by atoms with Crippen LogP contribution in [0.15, 0.2) is 12.1 Å². The SMILES string of the molecule is COc1cc(OCC(=O)O)c2c(c1)C(=O)CCC2. The Morgan fingerprint density at radius 1 is 1.39 bits per heavy atom. The molecule has 0 unspecified atom stereocenters. The summed E-state index contributed by atoms with van der Waals surface area (Å²) in [6.45, 7) is -0.423. The minimum absolute atomic E-state index is 0.0512. The minimum Gasteiger partial charge on any atom is -0.497 e. The summed E-state index contributed by atoms with van der Waals surface area (Å²) in [5.41, 5.74) is 1.37. The molecular formula is C13H14O5. The fourth-order valence-electron chi connectivity index (χ4n) is 2.07. The van der Waals surface area contributed by atoms with Crippen molar-refractivity contribution in [2.75, 3.05) is 13.7 Å². The highest BCUT2D eigenvalue weighted by Crippen LogP contribution is 2.34. The summed E-state index contributed by atoms with van der Waals surface area (Å²) in [7, 11) is 1.50. The number of hydrogen-bond acceptors (Lipinski definition) is 4. The van der Waals surface area contributed by atoms with Gasteiger partial charge in [-0.25, -0.2) is 4.79 Å². The van der Waals surface area contributed by atoms with Gasteiger partial charge in [-0.05, 0) is 18.9 Å². The number of fused-ring (bicyclic) bond motifs is 1. The molecule has 5 heteroatoms. The third-order valence-electron chi connectivity index (χ3n) is 2.90. The van der Waals surface area contributed by atoms with Crippen LogP contribution >= 0.6 is 0 Å². The number of methoxy groups -OCH3 is 1. The average Bonchev–Trinajstić information content (AvgIpc) is 2.36. The van der Waals surface area contributed by atoms with Gasteiger partial charge in [0.05, 0.1) is 7.11 Å². The van der Waals surface area contributed by atoms with Crippen molar-refractivity contribution < 1.29 is 24.2 Å². The zero-order chi connectivity index (χ0) is 13.1. The molecule has 1 aliphatic carbocycles. The molecule has 0 saturated heterocycles. The topological polar surface area (TPSA) is 72.8 Å². The van der Waals surface area contributed by atoms with Gasteiger partial charge >= 0.3 is 5.97 Å². The summed E-state index contributed by atoms with van der Waals surface area (Å²) >= 11 is 0. The minimum atomic E-state index is -1.05. The molecule has 2 rings (SSSR count). The van der Waals surface area contributed by atoms with Crippen LogP contribution in [0.25, 0.3) is 0 Å². The van der Waals surface area contributed by atoms with Crippen LogP contribution < -0.4 is 9.47 Å². The first-order chi connectivity index (χ1) is 8.61. The molecule has 0 amide bonds. The molecule has 1 aliphatic rings. The van der Waals surface area contributed by atoms with Gasteiger partial charge in [0.2, 0.25) is 0 Å². The number of rotatable bonds is 4. The van der Waals surface area contributed by atoms with Gasteiger partial charge in [-0.2, -0.15) is 0 Å². The van der Waals surface area contributed by atoms with Crippen LogP contribution in [0.4, 0.5) is 0 Å². The maximum atomic E-state index is 11.8. The normalized spacial score (nSPS) is 13.9. The van der Waals surface area contributed by atoms with Gasteiger partial charge in [0.15, 0.2) is 12.4 Å². The molecule has 1 aromatic rings. The molecule has 5 nitrogen and oxygen atoms in total. The van der Waals surface area contributed by atoms with Crippen molar-refractivity contribution in [2.45, 2.75) is 19.3 Å². The van der Waals surface area contributed by atoms with Gasteiger partial charge < -0.3 is 14.6 Å². The van der Waals surface area contributed by atoms with Gasteiger partial charge in [-0.15, -0.1) is 0 Å². The number of carbonyl (C=O) groups is 2. The Morgan fingerprint density at radius 3 is 2.83 bits per heavy atom. The fraction of sp³-hybridized carbons (Fsp3) is 0.385. The maximum Gasteiger partial charge on any atom is 0.341 e. The third-order valence-corrected chi connectivity index (χ3v) is 2.90. The Bertz CT molecular complexity index is 492. The molecule has 0 saturated carbocycles. The highest BCUT2D eigenvalue weighted by molar-refractivity contribution is 5.99. The lowest BCUT2D eigenvalue weighted by atomic mass is 9.90. The van der Waals surface area contributed by atoms with E-state index in [1.54, 1.807) is 12.1 Å². The van der Waals surface area contributed by atoms with Crippen LogP contribution in [-0.2, 0) is 11.2 Å². The first-order valence-electron chi connectivity index (χ1n) is 5.70. The molecule has 96 valence electrons. The summed E-state index contributed by atoms with van der Waals surface area (Å²) in [5, 5.41) is 8.63. The van der Waals surface area contributed by atoms with E-state index in [9.17, 15) is 9.59 Å². The number of ketones is 1. The van der Waals surface area contributed by atoms with Gasteiger partial charge in [0, 0.05) is 23.6 Å². The smallest absolute Gasteiger partial charge is 0.341 e. The number of aliphatic carboxylic acids is 1. The van der Waals surface area contributed by atoms with Crippen LogP contribution in [0.3, 0.4) is 0 Å². The Labute approximate surface area is 104 Å². The van der Waals surface area contributed by atoms with E-state index in [0.717, 1.165) is 18.4 Å². The van der Waals surface area contributed by atoms with Crippen molar-refractivity contribution in [3.8, 4) is 11.5 Å². The molecule has 0 aliphatic heterocycles. The van der Waals surface area contributed by atoms with Gasteiger partial charge in [0.25, 0.3) is 0 Å². The second kappa shape index (κ2) is 5.08. The molecule has 0 bridgehead atoms. The highest BCUT2D eigenvalue weighted by atomic mass is 16.5. The number of carbonyl (C=O) groups excluding carboxylic acids is 1. The van der Waals surface area contributed by atoms with Crippen LogP contribution in [-0.4, -0.2) is 30.6 Å². The lowest BCUT2D eigenvalue weighted by Crippen LogP contribution is -2.15. The van der Waals surface area contributed by atoms with E-state index in [1.807, 2.05) is 0 Å². The zero-order valence-electron chi connectivity index (χ0n) is 10.1. The molecule has 1 aromatic carbocycles. The van der Waals surface area contributed by atoms with Gasteiger partial charge in [-0.3, -0.25) is 4.79 Å². The largest absolute Gasteiger partial charge is 0.497 e. The molecule has 0 atom stereocenters. The van der Waals surface area contributed by atoms with Gasteiger partial charge in [-0.1, -0.05) is 0 Å². The number of benzene rings is 1. The molecule has 18 heavy (non-hydrogen) atoms.